The number of carbonyl (C=O) groups is 2. The van der Waals surface area contributed by atoms with Crippen molar-refractivity contribution in [3.8, 4) is 23.0 Å². The van der Waals surface area contributed by atoms with Gasteiger partial charge in [0.1, 0.15) is 5.56 Å². The maximum Gasteiger partial charge on any atom is 0.265 e. The number of ether oxygens (including phenoxy) is 4. The van der Waals surface area contributed by atoms with E-state index in [1.807, 2.05) is 12.1 Å². The van der Waals surface area contributed by atoms with Crippen molar-refractivity contribution in [1.29, 1.82) is 0 Å². The second kappa shape index (κ2) is 7.35. The number of methoxy groups -OCH3 is 2. The Morgan fingerprint density at radius 3 is 2.50 bits per heavy atom. The summed E-state index contributed by atoms with van der Waals surface area (Å²) < 4.78 is 22.0. The predicted molar refractivity (Wildman–Crippen MR) is 103 cm³/mol. The van der Waals surface area contributed by atoms with Crippen molar-refractivity contribution in [2.24, 2.45) is 0 Å². The number of fused-ring (bicyclic) bond motifs is 2. The third kappa shape index (κ3) is 3.07. The van der Waals surface area contributed by atoms with Gasteiger partial charge in [-0.25, -0.2) is 0 Å². The molecule has 0 saturated heterocycles. The first-order valence-corrected chi connectivity index (χ1v) is 9.49. The molecular formula is C20H18BrNO6. The molecule has 28 heavy (non-hydrogen) atoms. The molecular weight excluding hydrogens is 430 g/mol. The average Bonchev–Trinajstić information content (AvgIpc) is 3.07. The van der Waals surface area contributed by atoms with Crippen molar-refractivity contribution < 1.29 is 28.5 Å². The largest absolute Gasteiger partial charge is 0.493 e. The van der Waals surface area contributed by atoms with Crippen LogP contribution in [0, 0.1) is 0 Å². The van der Waals surface area contributed by atoms with E-state index in [-0.39, 0.29) is 37.0 Å². The minimum atomic E-state index is -0.430. The average molecular weight is 448 g/mol. The Balaban J connectivity index is 1.68. The summed E-state index contributed by atoms with van der Waals surface area (Å²) >= 11 is 3.39. The van der Waals surface area contributed by atoms with Crippen LogP contribution >= 0.6 is 15.9 Å². The van der Waals surface area contributed by atoms with Crippen LogP contribution in [0.4, 0.5) is 0 Å². The Morgan fingerprint density at radius 1 is 1.11 bits per heavy atom. The molecule has 0 fully saturated rings. The first-order valence-electron chi connectivity index (χ1n) is 8.70. The predicted octanol–water partition coefficient (Wildman–Crippen LogP) is 2.96. The second-order valence-corrected chi connectivity index (χ2v) is 7.26. The molecule has 4 rings (SSSR count). The molecule has 8 heteroatoms. The number of carbonyl (C=O) groups excluding carboxylic acids is 2. The molecule has 0 unspecified atom stereocenters. The first kappa shape index (κ1) is 18.6. The lowest BCUT2D eigenvalue weighted by molar-refractivity contribution is -0.127. The number of imide groups is 1. The van der Waals surface area contributed by atoms with Crippen molar-refractivity contribution in [2.45, 2.75) is 12.8 Å². The summed E-state index contributed by atoms with van der Waals surface area (Å²) in [6.45, 7) is 0.442. The van der Waals surface area contributed by atoms with E-state index >= 15 is 0 Å². The molecule has 2 aromatic carbocycles. The Bertz CT molecular complexity index is 974. The normalized spacial score (nSPS) is 15.1. The lowest BCUT2D eigenvalue weighted by Crippen LogP contribution is -2.38. The van der Waals surface area contributed by atoms with Crippen LogP contribution in [0.3, 0.4) is 0 Å². The molecule has 0 radical (unpaired) electrons. The number of halogens is 1. The quantitative estimate of drug-likeness (QED) is 0.673. The smallest absolute Gasteiger partial charge is 0.265 e. The summed E-state index contributed by atoms with van der Waals surface area (Å²) in [6, 6.07) is 7.11. The van der Waals surface area contributed by atoms with Crippen LogP contribution in [0.15, 0.2) is 28.7 Å². The highest BCUT2D eigenvalue weighted by Gasteiger charge is 2.32. The number of hydrogen-bond acceptors (Lipinski definition) is 6. The van der Waals surface area contributed by atoms with Gasteiger partial charge in [-0.1, -0.05) is 0 Å². The third-order valence-corrected chi connectivity index (χ3v) is 5.56. The van der Waals surface area contributed by atoms with Crippen LogP contribution in [0.5, 0.6) is 23.0 Å². The van der Waals surface area contributed by atoms with Gasteiger partial charge < -0.3 is 18.9 Å². The molecule has 0 N–H and O–H groups in total. The molecule has 2 amide bonds. The van der Waals surface area contributed by atoms with Gasteiger partial charge in [-0.3, -0.25) is 14.5 Å². The maximum atomic E-state index is 13.3. The van der Waals surface area contributed by atoms with Crippen LogP contribution in [0.1, 0.15) is 21.5 Å². The molecule has 146 valence electrons. The monoisotopic (exact) mass is 447 g/mol. The van der Waals surface area contributed by atoms with E-state index in [1.54, 1.807) is 12.1 Å². The zero-order valence-corrected chi connectivity index (χ0v) is 17.0. The summed E-state index contributed by atoms with van der Waals surface area (Å²) in [5.41, 5.74) is 2.08. The number of benzene rings is 2. The van der Waals surface area contributed by atoms with E-state index in [9.17, 15) is 9.59 Å². The molecule has 2 aliphatic rings. The first-order chi connectivity index (χ1) is 13.5. The number of amides is 2. The molecule has 0 aliphatic carbocycles. The summed E-state index contributed by atoms with van der Waals surface area (Å²) in [4.78, 5) is 27.4. The Morgan fingerprint density at radius 2 is 1.82 bits per heavy atom. The molecule has 0 saturated carbocycles. The van der Waals surface area contributed by atoms with Crippen LogP contribution in [-0.4, -0.2) is 44.3 Å². The van der Waals surface area contributed by atoms with Crippen molar-refractivity contribution in [1.82, 2.24) is 4.90 Å². The lowest BCUT2D eigenvalue weighted by Gasteiger charge is -2.21. The van der Waals surface area contributed by atoms with E-state index in [2.05, 4.69) is 15.9 Å². The number of nitrogens with zero attached hydrogens (tertiary/aromatic N) is 1. The molecule has 0 aromatic heterocycles. The number of rotatable bonds is 3. The van der Waals surface area contributed by atoms with Crippen LogP contribution in [-0.2, 0) is 17.6 Å². The van der Waals surface area contributed by atoms with Crippen molar-refractivity contribution >= 4 is 27.7 Å². The third-order valence-electron chi connectivity index (χ3n) is 4.90. The fourth-order valence-electron chi connectivity index (χ4n) is 3.49. The van der Waals surface area contributed by atoms with Gasteiger partial charge in [-0.05, 0) is 57.7 Å². The van der Waals surface area contributed by atoms with E-state index in [0.29, 0.717) is 28.1 Å². The molecule has 0 atom stereocenters. The Hall–Kier alpha value is -2.74. The Labute approximate surface area is 170 Å². The van der Waals surface area contributed by atoms with E-state index < -0.39 is 5.91 Å². The highest BCUT2D eigenvalue weighted by atomic mass is 79.9. The van der Waals surface area contributed by atoms with Gasteiger partial charge in [-0.2, -0.15) is 0 Å². The van der Waals surface area contributed by atoms with Gasteiger partial charge in [0.15, 0.2) is 23.0 Å². The van der Waals surface area contributed by atoms with Crippen LogP contribution in [0.2, 0.25) is 0 Å². The maximum absolute atomic E-state index is 13.3. The second-order valence-electron chi connectivity index (χ2n) is 6.41. The lowest BCUT2D eigenvalue weighted by atomic mass is 10.0. The highest BCUT2D eigenvalue weighted by molar-refractivity contribution is 9.10. The van der Waals surface area contributed by atoms with E-state index in [4.69, 9.17) is 18.9 Å². The minimum absolute atomic E-state index is 0.113. The molecule has 2 aromatic rings. The molecule has 2 aliphatic heterocycles. The van der Waals surface area contributed by atoms with Crippen molar-refractivity contribution in [3.05, 3.63) is 45.4 Å². The zero-order valence-electron chi connectivity index (χ0n) is 15.4. The summed E-state index contributed by atoms with van der Waals surface area (Å²) in [5, 5.41) is 0. The summed E-state index contributed by atoms with van der Waals surface area (Å²) in [6.07, 6.45) is 0.648. The minimum Gasteiger partial charge on any atom is -0.493 e. The van der Waals surface area contributed by atoms with Crippen LogP contribution < -0.4 is 18.9 Å². The van der Waals surface area contributed by atoms with Gasteiger partial charge in [0.25, 0.3) is 5.91 Å². The van der Waals surface area contributed by atoms with Crippen LogP contribution in [0.25, 0.3) is 0 Å². The van der Waals surface area contributed by atoms with Gasteiger partial charge in [0.2, 0.25) is 12.7 Å². The van der Waals surface area contributed by atoms with Crippen molar-refractivity contribution in [3.63, 3.8) is 0 Å². The standard InChI is InChI=1S/C20H18BrNO6/c1-25-14-4-3-13(21)18(19(14)26-2)20(24)22-6-5-11-7-15-16(28-10-27-15)8-12(11)9-17(22)23/h3-4,7-8H,5-6,9-10H2,1-2H3. The Kier molecular flexibility index (Phi) is 4.89. The summed E-state index contributed by atoms with van der Waals surface area (Å²) in [5.74, 6) is 1.30. The zero-order chi connectivity index (χ0) is 19.8. The summed E-state index contributed by atoms with van der Waals surface area (Å²) in [7, 11) is 2.96. The fourth-order valence-corrected chi connectivity index (χ4v) is 3.97. The van der Waals surface area contributed by atoms with E-state index in [1.165, 1.54) is 19.1 Å². The SMILES string of the molecule is COc1ccc(Br)c(C(=O)N2CCc3cc4c(cc3CC2=O)OCO4)c1OC. The van der Waals surface area contributed by atoms with Crippen molar-refractivity contribution in [2.75, 3.05) is 27.6 Å². The highest BCUT2D eigenvalue weighted by Crippen LogP contribution is 2.38. The van der Waals surface area contributed by atoms with Gasteiger partial charge in [0.05, 0.1) is 20.6 Å². The van der Waals surface area contributed by atoms with Gasteiger partial charge in [-0.15, -0.1) is 0 Å². The molecule has 0 spiro atoms. The van der Waals surface area contributed by atoms with Gasteiger partial charge >= 0.3 is 0 Å². The number of hydrogen-bond donors (Lipinski definition) is 0. The topological polar surface area (TPSA) is 74.3 Å². The van der Waals surface area contributed by atoms with E-state index in [0.717, 1.165) is 11.1 Å². The fraction of sp³-hybridized carbons (Fsp3) is 0.300. The molecule has 2 heterocycles. The molecule has 7 nitrogen and oxygen atoms in total. The molecule has 0 bridgehead atoms. The van der Waals surface area contributed by atoms with Gasteiger partial charge in [0, 0.05) is 11.0 Å².